The molecule has 1 aliphatic rings. The van der Waals surface area contributed by atoms with Gasteiger partial charge in [0.1, 0.15) is 0 Å². The van der Waals surface area contributed by atoms with E-state index in [1.54, 1.807) is 19.2 Å². The van der Waals surface area contributed by atoms with Gasteiger partial charge in [-0.15, -0.1) is 0 Å². The number of carbonyl (C=O) groups excluding carboxylic acids is 2. The molecule has 0 fully saturated rings. The van der Waals surface area contributed by atoms with Crippen LogP contribution in [0.1, 0.15) is 30.6 Å². The Kier molecular flexibility index (Phi) is 6.57. The van der Waals surface area contributed by atoms with Crippen LogP contribution < -0.4 is 14.8 Å². The molecule has 132 valence electrons. The lowest BCUT2D eigenvalue weighted by molar-refractivity contribution is -0.117. The number of Topliss-reactive ketones (excluding diaryl/α,β-unsaturated/α-hetero) is 1. The van der Waals surface area contributed by atoms with Gasteiger partial charge in [-0.2, -0.15) is 0 Å². The fourth-order valence-electron chi connectivity index (χ4n) is 2.51. The Balaban J connectivity index is 2.04. The molecule has 7 nitrogen and oxygen atoms in total. The van der Waals surface area contributed by atoms with Gasteiger partial charge in [-0.05, 0) is 26.0 Å². The normalized spacial score (nSPS) is 12.5. The Morgan fingerprint density at radius 2 is 2.00 bits per heavy atom. The van der Waals surface area contributed by atoms with Crippen molar-refractivity contribution in [1.82, 2.24) is 4.90 Å². The molecular weight excluding hydrogens is 312 g/mol. The van der Waals surface area contributed by atoms with Gasteiger partial charge in [0.05, 0.1) is 12.2 Å². The van der Waals surface area contributed by atoms with Crippen molar-refractivity contribution in [3.05, 3.63) is 17.7 Å². The van der Waals surface area contributed by atoms with Gasteiger partial charge in [-0.3, -0.25) is 14.5 Å². The van der Waals surface area contributed by atoms with E-state index >= 15 is 0 Å². The highest BCUT2D eigenvalue weighted by atomic mass is 16.7. The maximum absolute atomic E-state index is 12.3. The smallest absolute Gasteiger partial charge is 0.238 e. The lowest BCUT2D eigenvalue weighted by atomic mass is 10.1. The number of likely N-dealkylation sites (N-methyl/N-ethyl adjacent to an activating group) is 1. The van der Waals surface area contributed by atoms with Crippen LogP contribution in [-0.4, -0.2) is 56.7 Å². The van der Waals surface area contributed by atoms with Gasteiger partial charge in [0, 0.05) is 31.9 Å². The molecule has 24 heavy (non-hydrogen) atoms. The first-order chi connectivity index (χ1) is 11.5. The first-order valence-electron chi connectivity index (χ1n) is 8.00. The van der Waals surface area contributed by atoms with E-state index in [9.17, 15) is 9.59 Å². The Bertz CT molecular complexity index is 603. The lowest BCUT2D eigenvalue weighted by Crippen LogP contribution is -2.34. The van der Waals surface area contributed by atoms with Crippen LogP contribution in [0.4, 0.5) is 5.69 Å². The first-order valence-corrected chi connectivity index (χ1v) is 8.00. The average Bonchev–Trinajstić information content (AvgIpc) is 3.00. The third-order valence-corrected chi connectivity index (χ3v) is 3.80. The monoisotopic (exact) mass is 336 g/mol. The van der Waals surface area contributed by atoms with Crippen LogP contribution in [0, 0.1) is 0 Å². The van der Waals surface area contributed by atoms with Gasteiger partial charge in [0.25, 0.3) is 0 Å². The van der Waals surface area contributed by atoms with E-state index in [4.69, 9.17) is 14.2 Å². The number of fused-ring (bicyclic) bond motifs is 1. The first kappa shape index (κ1) is 18.2. The summed E-state index contributed by atoms with van der Waals surface area (Å²) in [5.74, 6) is 0.738. The summed E-state index contributed by atoms with van der Waals surface area (Å²) in [7, 11) is 1.66. The highest BCUT2D eigenvalue weighted by Gasteiger charge is 2.20. The predicted octanol–water partition coefficient (Wildman–Crippen LogP) is 1.91. The molecule has 1 N–H and O–H groups in total. The fraction of sp³-hybridized carbons (Fsp3) is 0.529. The predicted molar refractivity (Wildman–Crippen MR) is 89.8 cm³/mol. The maximum atomic E-state index is 12.3. The van der Waals surface area contributed by atoms with Crippen LogP contribution >= 0.6 is 0 Å². The zero-order valence-electron chi connectivity index (χ0n) is 14.4. The molecule has 1 aromatic rings. The molecule has 0 saturated carbocycles. The molecular formula is C17H24N2O5. The van der Waals surface area contributed by atoms with Gasteiger partial charge in [0.15, 0.2) is 17.3 Å². The summed E-state index contributed by atoms with van der Waals surface area (Å²) in [6.07, 6.45) is 0.861. The number of anilines is 1. The average molecular weight is 336 g/mol. The summed E-state index contributed by atoms with van der Waals surface area (Å²) in [6.45, 7) is 6.03. The largest absolute Gasteiger partial charge is 0.454 e. The number of methoxy groups -OCH3 is 1. The molecule has 1 aliphatic heterocycles. The summed E-state index contributed by atoms with van der Waals surface area (Å²) < 4.78 is 15.6. The molecule has 0 bridgehead atoms. The molecule has 0 spiro atoms. The van der Waals surface area contributed by atoms with Crippen molar-refractivity contribution in [2.75, 3.05) is 45.5 Å². The number of carbonyl (C=O) groups is 2. The molecule has 0 aromatic heterocycles. The molecule has 1 amide bonds. The van der Waals surface area contributed by atoms with Gasteiger partial charge in [-0.1, -0.05) is 6.92 Å². The van der Waals surface area contributed by atoms with Crippen molar-refractivity contribution in [3.63, 3.8) is 0 Å². The van der Waals surface area contributed by atoms with Crippen LogP contribution in [0.5, 0.6) is 11.5 Å². The molecule has 0 saturated heterocycles. The van der Waals surface area contributed by atoms with E-state index in [1.165, 1.54) is 6.92 Å². The Morgan fingerprint density at radius 3 is 2.62 bits per heavy atom. The number of benzene rings is 1. The van der Waals surface area contributed by atoms with E-state index < -0.39 is 0 Å². The molecule has 1 aromatic carbocycles. The highest BCUT2D eigenvalue weighted by molar-refractivity contribution is 6.05. The number of rotatable bonds is 9. The van der Waals surface area contributed by atoms with Crippen LogP contribution in [0.3, 0.4) is 0 Å². The van der Waals surface area contributed by atoms with E-state index in [0.29, 0.717) is 29.4 Å². The molecule has 0 aliphatic carbocycles. The maximum Gasteiger partial charge on any atom is 0.238 e. The van der Waals surface area contributed by atoms with Crippen molar-refractivity contribution in [3.8, 4) is 11.5 Å². The molecule has 1 heterocycles. The highest BCUT2D eigenvalue weighted by Crippen LogP contribution is 2.37. The second-order valence-corrected chi connectivity index (χ2v) is 5.57. The van der Waals surface area contributed by atoms with Crippen molar-refractivity contribution in [2.45, 2.75) is 20.3 Å². The summed E-state index contributed by atoms with van der Waals surface area (Å²) in [5.41, 5.74) is 0.861. The van der Waals surface area contributed by atoms with Gasteiger partial charge in [0.2, 0.25) is 12.7 Å². The fourth-order valence-corrected chi connectivity index (χ4v) is 2.51. The zero-order valence-corrected chi connectivity index (χ0v) is 14.4. The third kappa shape index (κ3) is 4.69. The van der Waals surface area contributed by atoms with Crippen molar-refractivity contribution < 1.29 is 23.8 Å². The Hall–Kier alpha value is -2.12. The van der Waals surface area contributed by atoms with Crippen LogP contribution in [0.15, 0.2) is 12.1 Å². The lowest BCUT2D eigenvalue weighted by Gasteiger charge is -2.20. The number of hydrogen-bond donors (Lipinski definition) is 1. The van der Waals surface area contributed by atoms with Crippen LogP contribution in [0.25, 0.3) is 0 Å². The van der Waals surface area contributed by atoms with Crippen molar-refractivity contribution in [2.24, 2.45) is 0 Å². The number of amides is 1. The molecule has 0 atom stereocenters. The molecule has 0 unspecified atom stereocenters. The summed E-state index contributed by atoms with van der Waals surface area (Å²) >= 11 is 0. The van der Waals surface area contributed by atoms with Gasteiger partial charge >= 0.3 is 0 Å². The Labute approximate surface area is 141 Å². The van der Waals surface area contributed by atoms with Gasteiger partial charge < -0.3 is 19.5 Å². The molecule has 0 radical (unpaired) electrons. The SMILES string of the molecule is CCN(CCCOC)CC(=O)Nc1cc2c(cc1C(C)=O)OCO2. The summed E-state index contributed by atoms with van der Waals surface area (Å²) in [5, 5.41) is 2.81. The van der Waals surface area contributed by atoms with E-state index in [2.05, 4.69) is 5.32 Å². The van der Waals surface area contributed by atoms with E-state index in [0.717, 1.165) is 19.5 Å². The minimum absolute atomic E-state index is 0.118. The second-order valence-electron chi connectivity index (χ2n) is 5.57. The van der Waals surface area contributed by atoms with E-state index in [1.807, 2.05) is 11.8 Å². The van der Waals surface area contributed by atoms with Crippen molar-refractivity contribution in [1.29, 1.82) is 0 Å². The van der Waals surface area contributed by atoms with E-state index in [-0.39, 0.29) is 25.0 Å². The second kappa shape index (κ2) is 8.65. The van der Waals surface area contributed by atoms with Crippen LogP contribution in [-0.2, 0) is 9.53 Å². The number of nitrogens with zero attached hydrogens (tertiary/aromatic N) is 1. The minimum atomic E-state index is -0.171. The number of ketones is 1. The van der Waals surface area contributed by atoms with Crippen LogP contribution in [0.2, 0.25) is 0 Å². The topological polar surface area (TPSA) is 77.1 Å². The summed E-state index contributed by atoms with van der Waals surface area (Å²) in [6, 6.07) is 3.24. The Morgan fingerprint density at radius 1 is 1.29 bits per heavy atom. The molecule has 2 rings (SSSR count). The third-order valence-electron chi connectivity index (χ3n) is 3.80. The summed E-state index contributed by atoms with van der Waals surface area (Å²) in [4.78, 5) is 26.2. The van der Waals surface area contributed by atoms with Crippen molar-refractivity contribution >= 4 is 17.4 Å². The number of hydrogen-bond acceptors (Lipinski definition) is 6. The van der Waals surface area contributed by atoms with Gasteiger partial charge in [-0.25, -0.2) is 0 Å². The standard InChI is InChI=1S/C17H24N2O5/c1-4-19(6-5-7-22-3)10-17(21)18-14-9-16-15(23-11-24-16)8-13(14)12(2)20/h8-9H,4-7,10-11H2,1-3H3,(H,18,21). The minimum Gasteiger partial charge on any atom is -0.454 e. The number of nitrogens with one attached hydrogen (secondary N) is 1. The quantitative estimate of drug-likeness (QED) is 0.548. The number of ether oxygens (including phenoxy) is 3. The zero-order chi connectivity index (χ0) is 17.5. The molecule has 7 heteroatoms.